The summed E-state index contributed by atoms with van der Waals surface area (Å²) in [5.74, 6) is -1.63. The van der Waals surface area contributed by atoms with Crippen molar-refractivity contribution in [1.29, 1.82) is 0 Å². The van der Waals surface area contributed by atoms with Crippen LogP contribution >= 0.6 is 0 Å². The van der Waals surface area contributed by atoms with E-state index in [2.05, 4.69) is 5.32 Å². The first kappa shape index (κ1) is 19.0. The van der Waals surface area contributed by atoms with E-state index in [9.17, 15) is 24.1 Å². The number of esters is 1. The summed E-state index contributed by atoms with van der Waals surface area (Å²) in [4.78, 5) is 34.2. The summed E-state index contributed by atoms with van der Waals surface area (Å²) in [7, 11) is 0. The van der Waals surface area contributed by atoms with Gasteiger partial charge in [-0.25, -0.2) is 4.39 Å². The highest BCUT2D eigenvalue weighted by Gasteiger charge is 2.21. The molecule has 26 heavy (non-hydrogen) atoms. The van der Waals surface area contributed by atoms with Crippen molar-refractivity contribution in [2.45, 2.75) is 25.9 Å². The Morgan fingerprint density at radius 1 is 1.19 bits per heavy atom. The summed E-state index contributed by atoms with van der Waals surface area (Å²) >= 11 is 0. The normalized spacial score (nSPS) is 11.5. The third-order valence-electron chi connectivity index (χ3n) is 3.57. The van der Waals surface area contributed by atoms with Crippen molar-refractivity contribution < 1.29 is 23.6 Å². The predicted molar refractivity (Wildman–Crippen MR) is 92.0 cm³/mol. The number of nitro groups is 1. The number of nitro benzene ring substituents is 1. The summed E-state index contributed by atoms with van der Waals surface area (Å²) in [5.41, 5.74) is 0.535. The third kappa shape index (κ3) is 5.37. The number of amides is 1. The van der Waals surface area contributed by atoms with E-state index in [1.54, 1.807) is 18.2 Å². The molecule has 1 atom stereocenters. The van der Waals surface area contributed by atoms with Crippen molar-refractivity contribution in [1.82, 2.24) is 0 Å². The molecule has 2 rings (SSSR count). The van der Waals surface area contributed by atoms with Crippen LogP contribution in [0.2, 0.25) is 0 Å². The zero-order chi connectivity index (χ0) is 19.1. The monoisotopic (exact) mass is 360 g/mol. The van der Waals surface area contributed by atoms with E-state index >= 15 is 0 Å². The first-order valence-corrected chi connectivity index (χ1v) is 7.85. The van der Waals surface area contributed by atoms with Gasteiger partial charge in [0.05, 0.1) is 4.92 Å². The standard InChI is InChI=1S/C18H17FN2O5/c1-12(18(23)20-15-4-2-3-5-16(15)21(24)25)26-17(22)11-8-13-6-9-14(19)10-7-13/h2-7,9-10,12H,8,11H2,1H3,(H,20,23)/t12-/m1/s1. The Hall–Kier alpha value is -3.29. The van der Waals surface area contributed by atoms with Gasteiger partial charge >= 0.3 is 5.97 Å². The number of hydrogen-bond donors (Lipinski definition) is 1. The Balaban J connectivity index is 1.87. The second kappa shape index (κ2) is 8.70. The highest BCUT2D eigenvalue weighted by Crippen LogP contribution is 2.23. The van der Waals surface area contributed by atoms with Crippen molar-refractivity contribution in [2.24, 2.45) is 0 Å². The number of rotatable bonds is 7. The van der Waals surface area contributed by atoms with E-state index < -0.39 is 22.9 Å². The quantitative estimate of drug-likeness (QED) is 0.464. The molecule has 0 fully saturated rings. The zero-order valence-electron chi connectivity index (χ0n) is 14.0. The fourth-order valence-corrected chi connectivity index (χ4v) is 2.18. The third-order valence-corrected chi connectivity index (χ3v) is 3.57. The van der Waals surface area contributed by atoms with E-state index in [1.165, 1.54) is 37.3 Å². The average molecular weight is 360 g/mol. The first-order valence-electron chi connectivity index (χ1n) is 7.85. The minimum atomic E-state index is -1.12. The number of halogens is 1. The van der Waals surface area contributed by atoms with Crippen molar-refractivity contribution in [3.05, 3.63) is 70.0 Å². The van der Waals surface area contributed by atoms with E-state index in [1.807, 2.05) is 0 Å². The molecule has 2 aromatic rings. The molecule has 0 unspecified atom stereocenters. The maximum absolute atomic E-state index is 12.8. The van der Waals surface area contributed by atoms with Crippen LogP contribution in [-0.2, 0) is 20.7 Å². The fraction of sp³-hybridized carbons (Fsp3) is 0.222. The fourth-order valence-electron chi connectivity index (χ4n) is 2.18. The number of nitrogens with one attached hydrogen (secondary N) is 1. The van der Waals surface area contributed by atoms with Gasteiger partial charge in [-0.1, -0.05) is 24.3 Å². The van der Waals surface area contributed by atoms with Crippen molar-refractivity contribution in [2.75, 3.05) is 5.32 Å². The van der Waals surface area contributed by atoms with Crippen LogP contribution in [0.3, 0.4) is 0 Å². The number of anilines is 1. The summed E-state index contributed by atoms with van der Waals surface area (Å²) in [6.07, 6.45) is -0.748. The van der Waals surface area contributed by atoms with Gasteiger partial charge in [-0.3, -0.25) is 19.7 Å². The van der Waals surface area contributed by atoms with Gasteiger partial charge in [0.2, 0.25) is 0 Å². The molecule has 0 heterocycles. The maximum atomic E-state index is 12.8. The summed E-state index contributed by atoms with van der Waals surface area (Å²) < 4.78 is 17.9. The highest BCUT2D eigenvalue weighted by atomic mass is 19.1. The summed E-state index contributed by atoms with van der Waals surface area (Å²) in [6.45, 7) is 1.37. The van der Waals surface area contributed by atoms with Gasteiger partial charge < -0.3 is 10.1 Å². The van der Waals surface area contributed by atoms with Gasteiger partial charge in [0.25, 0.3) is 11.6 Å². The molecule has 0 aliphatic rings. The minimum absolute atomic E-state index is 0.0226. The Kier molecular flexibility index (Phi) is 6.37. The number of benzene rings is 2. The van der Waals surface area contributed by atoms with Crippen LogP contribution in [0.5, 0.6) is 0 Å². The van der Waals surface area contributed by atoms with Gasteiger partial charge in [0, 0.05) is 12.5 Å². The Morgan fingerprint density at radius 2 is 1.85 bits per heavy atom. The van der Waals surface area contributed by atoms with E-state index in [0.717, 1.165) is 5.56 Å². The highest BCUT2D eigenvalue weighted by molar-refractivity contribution is 5.96. The molecule has 0 aromatic heterocycles. The molecule has 0 bridgehead atoms. The SMILES string of the molecule is C[C@@H](OC(=O)CCc1ccc(F)cc1)C(=O)Nc1ccccc1[N+](=O)[O-]. The molecule has 1 amide bonds. The number of ether oxygens (including phenoxy) is 1. The lowest BCUT2D eigenvalue weighted by atomic mass is 10.1. The number of carbonyl (C=O) groups is 2. The number of hydrogen-bond acceptors (Lipinski definition) is 5. The molecule has 0 saturated heterocycles. The van der Waals surface area contributed by atoms with Crippen LogP contribution in [-0.4, -0.2) is 22.9 Å². The average Bonchev–Trinajstić information content (AvgIpc) is 2.61. The smallest absolute Gasteiger partial charge is 0.306 e. The van der Waals surface area contributed by atoms with E-state index in [0.29, 0.717) is 6.42 Å². The number of aryl methyl sites for hydroxylation is 1. The topological polar surface area (TPSA) is 98.5 Å². The van der Waals surface area contributed by atoms with Crippen LogP contribution < -0.4 is 5.32 Å². The predicted octanol–water partition coefficient (Wildman–Crippen LogP) is 3.24. The lowest BCUT2D eigenvalue weighted by molar-refractivity contribution is -0.383. The Labute approximate surface area is 148 Å². The Morgan fingerprint density at radius 3 is 2.50 bits per heavy atom. The number of carbonyl (C=O) groups excluding carboxylic acids is 2. The molecule has 1 N–H and O–H groups in total. The van der Waals surface area contributed by atoms with Gasteiger partial charge in [-0.15, -0.1) is 0 Å². The molecular formula is C18H17FN2O5. The molecule has 2 aromatic carbocycles. The van der Waals surface area contributed by atoms with Gasteiger partial charge in [0.15, 0.2) is 6.10 Å². The van der Waals surface area contributed by atoms with E-state index in [4.69, 9.17) is 4.74 Å². The number of para-hydroxylation sites is 2. The lowest BCUT2D eigenvalue weighted by Gasteiger charge is -2.13. The first-order chi connectivity index (χ1) is 12.4. The van der Waals surface area contributed by atoms with Crippen LogP contribution in [0.15, 0.2) is 48.5 Å². The van der Waals surface area contributed by atoms with Gasteiger partial charge in [-0.2, -0.15) is 0 Å². The summed E-state index contributed by atoms with van der Waals surface area (Å²) in [6, 6.07) is 11.4. The van der Waals surface area contributed by atoms with Gasteiger partial charge in [-0.05, 0) is 37.1 Å². The Bertz CT molecular complexity index is 807. The molecule has 0 aliphatic heterocycles. The minimum Gasteiger partial charge on any atom is -0.453 e. The number of nitrogens with zero attached hydrogens (tertiary/aromatic N) is 1. The second-order valence-corrected chi connectivity index (χ2v) is 5.52. The molecule has 0 saturated carbocycles. The molecular weight excluding hydrogens is 343 g/mol. The maximum Gasteiger partial charge on any atom is 0.306 e. The van der Waals surface area contributed by atoms with Crippen LogP contribution in [0, 0.1) is 15.9 Å². The van der Waals surface area contributed by atoms with Crippen LogP contribution in [0.1, 0.15) is 18.9 Å². The van der Waals surface area contributed by atoms with Crippen molar-refractivity contribution in [3.8, 4) is 0 Å². The van der Waals surface area contributed by atoms with Crippen LogP contribution in [0.25, 0.3) is 0 Å². The van der Waals surface area contributed by atoms with Crippen LogP contribution in [0.4, 0.5) is 15.8 Å². The van der Waals surface area contributed by atoms with Crippen molar-refractivity contribution >= 4 is 23.3 Å². The molecule has 7 nitrogen and oxygen atoms in total. The largest absolute Gasteiger partial charge is 0.453 e. The van der Waals surface area contributed by atoms with Gasteiger partial charge in [0.1, 0.15) is 11.5 Å². The van der Waals surface area contributed by atoms with Crippen molar-refractivity contribution in [3.63, 3.8) is 0 Å². The molecule has 0 radical (unpaired) electrons. The lowest BCUT2D eigenvalue weighted by Crippen LogP contribution is -2.30. The molecule has 136 valence electrons. The molecule has 8 heteroatoms. The summed E-state index contributed by atoms with van der Waals surface area (Å²) in [5, 5.41) is 13.3. The molecule has 0 aliphatic carbocycles. The second-order valence-electron chi connectivity index (χ2n) is 5.52. The van der Waals surface area contributed by atoms with E-state index in [-0.39, 0.29) is 23.6 Å². The molecule has 0 spiro atoms. The zero-order valence-corrected chi connectivity index (χ0v) is 14.0.